The number of anilines is 1. The summed E-state index contributed by atoms with van der Waals surface area (Å²) in [4.78, 5) is 17.5. The summed E-state index contributed by atoms with van der Waals surface area (Å²) in [7, 11) is 0. The zero-order valence-corrected chi connectivity index (χ0v) is 16.4. The van der Waals surface area contributed by atoms with Gasteiger partial charge in [0, 0.05) is 11.3 Å². The van der Waals surface area contributed by atoms with Crippen molar-refractivity contribution < 1.29 is 13.9 Å². The fraction of sp³-hybridized carbons (Fsp3) is 0.263. The van der Waals surface area contributed by atoms with E-state index in [0.717, 1.165) is 11.1 Å². The van der Waals surface area contributed by atoms with E-state index in [1.165, 1.54) is 0 Å². The molecule has 1 N–H and O–H groups in total. The Morgan fingerprint density at radius 3 is 2.74 bits per heavy atom. The van der Waals surface area contributed by atoms with Gasteiger partial charge in [0.15, 0.2) is 0 Å². The molecular formula is C19H17Cl2N3O3. The Labute approximate surface area is 165 Å². The number of hydrogen-bond acceptors (Lipinski definition) is 5. The number of imidazole rings is 1. The maximum Gasteiger partial charge on any atom is 0.338 e. The van der Waals surface area contributed by atoms with Crippen LogP contribution in [0.2, 0.25) is 10.0 Å². The second-order valence-corrected chi connectivity index (χ2v) is 7.45. The molecule has 8 heteroatoms. The number of carbonyl (C=O) groups is 1. The number of nitrogens with one attached hydrogen (secondary N) is 1. The van der Waals surface area contributed by atoms with Gasteiger partial charge in [-0.3, -0.25) is 4.57 Å². The van der Waals surface area contributed by atoms with Crippen molar-refractivity contribution in [2.75, 3.05) is 5.32 Å². The Morgan fingerprint density at radius 1 is 1.33 bits per heavy atom. The van der Waals surface area contributed by atoms with Gasteiger partial charge in [-0.05, 0) is 39.0 Å². The van der Waals surface area contributed by atoms with Crippen molar-refractivity contribution in [2.45, 2.75) is 32.9 Å². The smallest absolute Gasteiger partial charge is 0.338 e. The Hall–Kier alpha value is -2.44. The van der Waals surface area contributed by atoms with Crippen molar-refractivity contribution in [3.05, 3.63) is 57.6 Å². The van der Waals surface area contributed by atoms with E-state index in [4.69, 9.17) is 32.4 Å². The van der Waals surface area contributed by atoms with Crippen LogP contribution in [0.4, 0.5) is 5.95 Å². The molecule has 1 aromatic carbocycles. The number of rotatable bonds is 3. The molecule has 1 aliphatic heterocycles. The van der Waals surface area contributed by atoms with Crippen LogP contribution in [-0.4, -0.2) is 21.6 Å². The van der Waals surface area contributed by atoms with Crippen LogP contribution in [0.5, 0.6) is 0 Å². The first-order valence-electron chi connectivity index (χ1n) is 8.44. The lowest BCUT2D eigenvalue weighted by molar-refractivity contribution is -0.143. The number of carbonyl (C=O) groups excluding carboxylic acids is 1. The Morgan fingerprint density at radius 2 is 2.07 bits per heavy atom. The van der Waals surface area contributed by atoms with Gasteiger partial charge in [-0.25, -0.2) is 9.78 Å². The molecule has 3 aromatic rings. The highest BCUT2D eigenvalue weighted by Crippen LogP contribution is 2.41. The molecule has 0 fully saturated rings. The second-order valence-electron chi connectivity index (χ2n) is 6.64. The van der Waals surface area contributed by atoms with Gasteiger partial charge in [-0.15, -0.1) is 0 Å². The van der Waals surface area contributed by atoms with E-state index in [-0.39, 0.29) is 6.10 Å². The number of esters is 1. The van der Waals surface area contributed by atoms with E-state index in [0.29, 0.717) is 32.8 Å². The van der Waals surface area contributed by atoms with Crippen LogP contribution in [0.1, 0.15) is 32.4 Å². The Bertz CT molecular complexity index is 1070. The van der Waals surface area contributed by atoms with Crippen LogP contribution in [0.25, 0.3) is 11.0 Å². The highest BCUT2D eigenvalue weighted by atomic mass is 35.5. The maximum absolute atomic E-state index is 12.9. The molecule has 0 aliphatic carbocycles. The molecule has 0 spiro atoms. The van der Waals surface area contributed by atoms with Crippen LogP contribution < -0.4 is 5.32 Å². The van der Waals surface area contributed by atoms with Crippen molar-refractivity contribution in [2.24, 2.45) is 0 Å². The van der Waals surface area contributed by atoms with Crippen molar-refractivity contribution in [1.29, 1.82) is 0 Å². The van der Waals surface area contributed by atoms with E-state index in [1.807, 2.05) is 31.4 Å². The van der Waals surface area contributed by atoms with Gasteiger partial charge in [0.25, 0.3) is 0 Å². The van der Waals surface area contributed by atoms with Gasteiger partial charge in [-0.2, -0.15) is 0 Å². The van der Waals surface area contributed by atoms with Crippen molar-refractivity contribution in [3.63, 3.8) is 0 Å². The van der Waals surface area contributed by atoms with E-state index in [9.17, 15) is 4.79 Å². The summed E-state index contributed by atoms with van der Waals surface area (Å²) in [5.41, 5.74) is 3.39. The molecule has 6 nitrogen and oxygen atoms in total. The van der Waals surface area contributed by atoms with Gasteiger partial charge in [-0.1, -0.05) is 23.2 Å². The first-order chi connectivity index (χ1) is 12.9. The minimum absolute atomic E-state index is 0.239. The first kappa shape index (κ1) is 17.9. The summed E-state index contributed by atoms with van der Waals surface area (Å²) in [5, 5.41) is 4.03. The Balaban J connectivity index is 1.96. The summed E-state index contributed by atoms with van der Waals surface area (Å²) in [6, 6.07) is 4.81. The number of halogens is 2. The number of aromatic nitrogens is 2. The third kappa shape index (κ3) is 2.99. The summed E-state index contributed by atoms with van der Waals surface area (Å²) < 4.78 is 12.7. The lowest BCUT2D eigenvalue weighted by Gasteiger charge is -2.29. The molecular weight excluding hydrogens is 389 g/mol. The van der Waals surface area contributed by atoms with E-state index >= 15 is 0 Å². The molecule has 1 aliphatic rings. The predicted octanol–water partition coefficient (Wildman–Crippen LogP) is 5.18. The molecule has 0 saturated carbocycles. The standard InChI is InChI=1S/C19H17Cl2N3O3/c1-9(2)27-18(25)16-10(3)22-19-23-14-6-12(20)13(21)7-15(14)24(19)17(16)11-4-5-26-8-11/h4-9,17H,1-3H3,(H,22,23). The van der Waals surface area contributed by atoms with Gasteiger partial charge in [0.05, 0.1) is 51.3 Å². The molecule has 3 heterocycles. The summed E-state index contributed by atoms with van der Waals surface area (Å²) in [6.45, 7) is 5.46. The van der Waals surface area contributed by atoms with E-state index < -0.39 is 12.0 Å². The highest BCUT2D eigenvalue weighted by Gasteiger charge is 2.36. The summed E-state index contributed by atoms with van der Waals surface area (Å²) in [5.74, 6) is 0.196. The molecule has 1 atom stereocenters. The number of nitrogens with zero attached hydrogens (tertiary/aromatic N) is 2. The molecule has 0 bridgehead atoms. The van der Waals surface area contributed by atoms with Crippen LogP contribution in [0.3, 0.4) is 0 Å². The molecule has 2 aromatic heterocycles. The minimum Gasteiger partial charge on any atom is -0.472 e. The fourth-order valence-electron chi connectivity index (χ4n) is 3.30. The van der Waals surface area contributed by atoms with E-state index in [1.54, 1.807) is 24.7 Å². The molecule has 0 saturated heterocycles. The van der Waals surface area contributed by atoms with Crippen LogP contribution >= 0.6 is 23.2 Å². The topological polar surface area (TPSA) is 69.3 Å². The van der Waals surface area contributed by atoms with E-state index in [2.05, 4.69) is 10.3 Å². The highest BCUT2D eigenvalue weighted by molar-refractivity contribution is 6.42. The fourth-order valence-corrected chi connectivity index (χ4v) is 3.61. The zero-order chi connectivity index (χ0) is 19.3. The number of fused-ring (bicyclic) bond motifs is 3. The normalized spacial score (nSPS) is 16.6. The number of allylic oxidation sites excluding steroid dienone is 1. The summed E-state index contributed by atoms with van der Waals surface area (Å²) in [6.07, 6.45) is 2.94. The second kappa shape index (κ2) is 6.62. The van der Waals surface area contributed by atoms with Gasteiger partial charge < -0.3 is 14.5 Å². The van der Waals surface area contributed by atoms with Crippen LogP contribution in [-0.2, 0) is 9.53 Å². The van der Waals surface area contributed by atoms with Gasteiger partial charge in [0.1, 0.15) is 0 Å². The lowest BCUT2D eigenvalue weighted by Crippen LogP contribution is -2.29. The number of hydrogen-bond donors (Lipinski definition) is 1. The number of ether oxygens (including phenoxy) is 1. The number of benzene rings is 1. The first-order valence-corrected chi connectivity index (χ1v) is 9.20. The number of furan rings is 1. The Kier molecular flexibility index (Phi) is 4.40. The van der Waals surface area contributed by atoms with Crippen molar-refractivity contribution in [3.8, 4) is 0 Å². The molecule has 27 heavy (non-hydrogen) atoms. The SMILES string of the molecule is CC1=C(C(=O)OC(C)C)C(c2ccoc2)n2c(nc3cc(Cl)c(Cl)cc32)N1. The van der Waals surface area contributed by atoms with Crippen LogP contribution in [0.15, 0.2) is 46.4 Å². The molecule has 0 radical (unpaired) electrons. The largest absolute Gasteiger partial charge is 0.472 e. The quantitative estimate of drug-likeness (QED) is 0.608. The van der Waals surface area contributed by atoms with Gasteiger partial charge >= 0.3 is 5.97 Å². The van der Waals surface area contributed by atoms with Gasteiger partial charge in [0.2, 0.25) is 5.95 Å². The molecule has 0 amide bonds. The lowest BCUT2D eigenvalue weighted by atomic mass is 9.97. The third-order valence-corrected chi connectivity index (χ3v) is 5.11. The average Bonchev–Trinajstić information content (AvgIpc) is 3.21. The van der Waals surface area contributed by atoms with Crippen LogP contribution in [0, 0.1) is 0 Å². The average molecular weight is 406 g/mol. The molecule has 4 rings (SSSR count). The van der Waals surface area contributed by atoms with Crippen molar-refractivity contribution in [1.82, 2.24) is 9.55 Å². The monoisotopic (exact) mass is 405 g/mol. The van der Waals surface area contributed by atoms with Crippen molar-refractivity contribution >= 4 is 46.2 Å². The maximum atomic E-state index is 12.9. The zero-order valence-electron chi connectivity index (χ0n) is 14.9. The predicted molar refractivity (Wildman–Crippen MR) is 104 cm³/mol. The molecule has 140 valence electrons. The minimum atomic E-state index is -0.464. The third-order valence-electron chi connectivity index (χ3n) is 4.39. The summed E-state index contributed by atoms with van der Waals surface area (Å²) >= 11 is 12.4. The molecule has 1 unspecified atom stereocenters.